The summed E-state index contributed by atoms with van der Waals surface area (Å²) < 4.78 is 64.9. The predicted molar refractivity (Wildman–Crippen MR) is 99.1 cm³/mol. The Bertz CT molecular complexity index is 1120. The van der Waals surface area contributed by atoms with Crippen LogP contribution < -0.4 is 5.56 Å². The van der Waals surface area contributed by atoms with E-state index in [2.05, 4.69) is 18.1 Å². The van der Waals surface area contributed by atoms with Gasteiger partial charge in [-0.2, -0.15) is 8.62 Å². The van der Waals surface area contributed by atoms with Crippen LogP contribution in [0.5, 0.6) is 0 Å². The molecule has 1 aromatic rings. The minimum absolute atomic E-state index is 0.400. The van der Waals surface area contributed by atoms with E-state index in [0.717, 1.165) is 6.92 Å². The van der Waals surface area contributed by atoms with Crippen molar-refractivity contribution < 1.29 is 65.8 Å². The molecule has 0 aliphatic carbocycles. The number of phosphoric ester groups is 1. The van der Waals surface area contributed by atoms with Gasteiger partial charge in [0.15, 0.2) is 0 Å². The molecule has 1 aliphatic rings. The van der Waals surface area contributed by atoms with Crippen LogP contribution >= 0.6 is 23.5 Å². The average Bonchev–Trinajstić information content (AvgIpc) is 2.89. The second kappa shape index (κ2) is 9.54. The lowest BCUT2D eigenvalue weighted by atomic mass is 9.98. The number of H-pyrrole nitrogens is 1. The van der Waals surface area contributed by atoms with Crippen molar-refractivity contribution in [2.45, 2.75) is 31.3 Å². The Morgan fingerprint density at radius 1 is 1.12 bits per heavy atom. The van der Waals surface area contributed by atoms with Gasteiger partial charge in [-0.1, -0.05) is 5.92 Å². The fourth-order valence-electron chi connectivity index (χ4n) is 2.66. The van der Waals surface area contributed by atoms with Crippen LogP contribution in [0.3, 0.4) is 0 Å². The van der Waals surface area contributed by atoms with Gasteiger partial charge in [0.1, 0.15) is 35.9 Å². The topological polar surface area (TPSA) is 242 Å². The van der Waals surface area contributed by atoms with E-state index in [1.54, 1.807) is 0 Å². The number of halogens is 1. The van der Waals surface area contributed by atoms with Gasteiger partial charge in [0.25, 0.3) is 5.56 Å². The molecule has 0 amide bonds. The summed E-state index contributed by atoms with van der Waals surface area (Å²) in [5.41, 5.74) is -2.14. The number of aliphatic hydroxyl groups excluding tert-OH is 2. The van der Waals surface area contributed by atoms with E-state index >= 15 is 0 Å². The fraction of sp³-hybridized carbons (Fsp3) is 0.462. The third-order valence-electron chi connectivity index (χ3n) is 4.02. The van der Waals surface area contributed by atoms with Crippen molar-refractivity contribution in [3.8, 4) is 12.3 Å². The van der Waals surface area contributed by atoms with Gasteiger partial charge in [-0.05, 0) is 6.92 Å². The molecule has 180 valence electrons. The molecule has 15 nitrogen and oxygen atoms in total. The number of hydrogen-bond donors (Lipinski definition) is 7. The van der Waals surface area contributed by atoms with E-state index in [0.29, 0.717) is 0 Å². The zero-order valence-electron chi connectivity index (χ0n) is 15.8. The van der Waals surface area contributed by atoms with Crippen molar-refractivity contribution in [3.05, 3.63) is 33.0 Å². The van der Waals surface area contributed by atoms with Gasteiger partial charge >= 0.3 is 23.5 Å². The standard InChI is InChI=1S/C13H17FNO14P3/c1-3-6-8(9(14)5(2)13(18)15-6)12-11(17)10(16)7(27-12)4-26-31(22,23)29-32(24,25)28-30(19,20)21/h1,7,10-12,16-17H,4H2,2H3,(H,15,18)(H,22,23)(H,24,25)(H2,19,20,21)/t7-,10?,11+,12+/m1/s1. The molecular formula is C13H17FNO14P3. The number of aromatic nitrogens is 1. The molecule has 32 heavy (non-hydrogen) atoms. The third kappa shape index (κ3) is 6.40. The highest BCUT2D eigenvalue weighted by Gasteiger charge is 2.47. The van der Waals surface area contributed by atoms with Gasteiger partial charge in [-0.15, -0.1) is 6.42 Å². The predicted octanol–water partition coefficient (Wildman–Crippen LogP) is -0.691. The lowest BCUT2D eigenvalue weighted by Gasteiger charge is -2.19. The van der Waals surface area contributed by atoms with Gasteiger partial charge < -0.3 is 39.5 Å². The Balaban J connectivity index is 2.19. The smallest absolute Gasteiger partial charge is 0.387 e. The second-order valence-electron chi connectivity index (χ2n) is 6.29. The molecule has 3 unspecified atom stereocenters. The lowest BCUT2D eigenvalue weighted by molar-refractivity contribution is -0.0234. The summed E-state index contributed by atoms with van der Waals surface area (Å²) in [5, 5.41) is 20.3. The highest BCUT2D eigenvalue weighted by atomic mass is 31.3. The molecule has 6 atom stereocenters. The first-order valence-corrected chi connectivity index (χ1v) is 12.7. The van der Waals surface area contributed by atoms with Crippen molar-refractivity contribution in [1.29, 1.82) is 0 Å². The fourth-order valence-corrected chi connectivity index (χ4v) is 5.69. The van der Waals surface area contributed by atoms with Gasteiger partial charge in [-0.3, -0.25) is 9.32 Å². The number of nitrogens with one attached hydrogen (secondary N) is 1. The van der Waals surface area contributed by atoms with Crippen LogP contribution in [0, 0.1) is 25.1 Å². The normalized spacial score (nSPS) is 27.5. The van der Waals surface area contributed by atoms with E-state index < -0.39 is 82.7 Å². The zero-order chi connectivity index (χ0) is 24.6. The highest BCUT2D eigenvalue weighted by molar-refractivity contribution is 7.66. The summed E-state index contributed by atoms with van der Waals surface area (Å²) in [6.07, 6.45) is -1.83. The minimum atomic E-state index is -5.77. The van der Waals surface area contributed by atoms with Gasteiger partial charge in [0.05, 0.1) is 17.7 Å². The number of aromatic amines is 1. The number of terminal acetylenes is 1. The SMILES string of the molecule is C#Cc1[nH]c(=O)c(C)c(F)c1[C@@H]1O[C@H](COP(=O)(O)OP(=O)(O)OP(=O)(O)O)C(O)[C@@H]1O. The summed E-state index contributed by atoms with van der Waals surface area (Å²) in [4.78, 5) is 49.4. The summed E-state index contributed by atoms with van der Waals surface area (Å²) >= 11 is 0. The molecule has 0 bridgehead atoms. The van der Waals surface area contributed by atoms with Gasteiger partial charge in [0.2, 0.25) is 0 Å². The van der Waals surface area contributed by atoms with Crippen LogP contribution in [-0.2, 0) is 31.6 Å². The summed E-state index contributed by atoms with van der Waals surface area (Å²) in [6.45, 7) is 0.0102. The number of rotatable bonds is 8. The molecule has 2 rings (SSSR count). The van der Waals surface area contributed by atoms with Crippen LogP contribution in [0.2, 0.25) is 0 Å². The zero-order valence-corrected chi connectivity index (χ0v) is 18.4. The van der Waals surface area contributed by atoms with E-state index in [9.17, 15) is 38.0 Å². The highest BCUT2D eigenvalue weighted by Crippen LogP contribution is 2.66. The van der Waals surface area contributed by atoms with Crippen LogP contribution in [0.1, 0.15) is 22.9 Å². The summed E-state index contributed by atoms with van der Waals surface area (Å²) in [6, 6.07) is 0. The van der Waals surface area contributed by atoms with Crippen molar-refractivity contribution in [2.24, 2.45) is 0 Å². The molecule has 0 aromatic carbocycles. The molecule has 2 heterocycles. The number of phosphoric acid groups is 3. The monoisotopic (exact) mass is 523 g/mol. The van der Waals surface area contributed by atoms with Gasteiger partial charge in [-0.25, -0.2) is 18.1 Å². The molecule has 1 aliphatic heterocycles. The molecule has 1 saturated heterocycles. The Morgan fingerprint density at radius 2 is 1.72 bits per heavy atom. The minimum Gasteiger partial charge on any atom is -0.387 e. The summed E-state index contributed by atoms with van der Waals surface area (Å²) in [5.74, 6) is 0.859. The van der Waals surface area contributed by atoms with Crippen LogP contribution in [0.25, 0.3) is 0 Å². The van der Waals surface area contributed by atoms with Crippen LogP contribution in [0.15, 0.2) is 4.79 Å². The molecule has 7 N–H and O–H groups in total. The molecule has 19 heteroatoms. The van der Waals surface area contributed by atoms with Gasteiger partial charge in [0, 0.05) is 0 Å². The molecule has 0 spiro atoms. The second-order valence-corrected chi connectivity index (χ2v) is 10.7. The number of hydrogen-bond acceptors (Lipinski definition) is 10. The largest absolute Gasteiger partial charge is 0.490 e. The van der Waals surface area contributed by atoms with Crippen molar-refractivity contribution in [1.82, 2.24) is 4.98 Å². The quantitative estimate of drug-likeness (QED) is 0.165. The Hall–Kier alpha value is -1.27. The van der Waals surface area contributed by atoms with Crippen molar-refractivity contribution in [2.75, 3.05) is 6.61 Å². The first kappa shape index (κ1) is 27.0. The van der Waals surface area contributed by atoms with Crippen LogP contribution in [-0.4, -0.2) is 59.7 Å². The third-order valence-corrected chi connectivity index (χ3v) is 7.83. The molecular weight excluding hydrogens is 506 g/mol. The Morgan fingerprint density at radius 3 is 2.25 bits per heavy atom. The molecule has 0 saturated carbocycles. The molecule has 0 radical (unpaired) electrons. The maximum absolute atomic E-state index is 14.6. The van der Waals surface area contributed by atoms with E-state index in [-0.39, 0.29) is 0 Å². The van der Waals surface area contributed by atoms with E-state index in [1.165, 1.54) is 0 Å². The molecule has 1 fully saturated rings. The first-order valence-electron chi connectivity index (χ1n) is 8.17. The maximum atomic E-state index is 14.6. The first-order chi connectivity index (χ1) is 14.5. The van der Waals surface area contributed by atoms with Crippen molar-refractivity contribution in [3.63, 3.8) is 0 Å². The summed E-state index contributed by atoms with van der Waals surface area (Å²) in [7, 11) is -16.9. The number of pyridine rings is 1. The molecule has 1 aromatic heterocycles. The van der Waals surface area contributed by atoms with E-state index in [4.69, 9.17) is 25.8 Å². The average molecular weight is 523 g/mol. The van der Waals surface area contributed by atoms with Crippen LogP contribution in [0.4, 0.5) is 4.39 Å². The Labute approximate surface area is 178 Å². The van der Waals surface area contributed by atoms with E-state index in [1.807, 2.05) is 5.92 Å². The number of aliphatic hydroxyl groups is 2. The van der Waals surface area contributed by atoms with Crippen molar-refractivity contribution >= 4 is 23.5 Å². The Kier molecular flexibility index (Phi) is 8.04. The lowest BCUT2D eigenvalue weighted by Crippen LogP contribution is -2.33. The number of ether oxygens (including phenoxy) is 1. The maximum Gasteiger partial charge on any atom is 0.490 e.